The predicted molar refractivity (Wildman–Crippen MR) is 70.2 cm³/mol. The number of carboxylic acid groups (broad SMARTS) is 1. The summed E-state index contributed by atoms with van der Waals surface area (Å²) in [6.45, 7) is 0. The van der Waals surface area contributed by atoms with Gasteiger partial charge < -0.3 is 9.67 Å². The van der Waals surface area contributed by atoms with Crippen LogP contribution in [-0.2, 0) is 0 Å². The number of hydrogen-bond donors (Lipinski definition) is 1. The Morgan fingerprint density at radius 1 is 1.00 bits per heavy atom. The molecule has 0 atom stereocenters. The molecule has 18 heavy (non-hydrogen) atoms. The molecule has 3 heteroatoms. The normalized spacial score (nSPS) is 10.7. The molecular formula is C15H11NO2. The zero-order valence-corrected chi connectivity index (χ0v) is 9.58. The number of hydrogen-bond acceptors (Lipinski definition) is 1. The molecule has 0 fully saturated rings. The van der Waals surface area contributed by atoms with Crippen LogP contribution in [0.5, 0.6) is 0 Å². The Hall–Kier alpha value is -2.55. The first-order valence-electron chi connectivity index (χ1n) is 5.65. The highest BCUT2D eigenvalue weighted by atomic mass is 16.4. The molecule has 2 aromatic carbocycles. The minimum Gasteiger partial charge on any atom is -0.478 e. The Labute approximate surface area is 104 Å². The first kappa shape index (κ1) is 10.6. The molecule has 0 amide bonds. The van der Waals surface area contributed by atoms with Gasteiger partial charge in [-0.15, -0.1) is 0 Å². The van der Waals surface area contributed by atoms with Gasteiger partial charge in [-0.25, -0.2) is 4.79 Å². The van der Waals surface area contributed by atoms with Gasteiger partial charge in [-0.2, -0.15) is 0 Å². The van der Waals surface area contributed by atoms with E-state index in [9.17, 15) is 4.79 Å². The van der Waals surface area contributed by atoms with Crippen LogP contribution < -0.4 is 0 Å². The molecule has 0 radical (unpaired) electrons. The maximum Gasteiger partial charge on any atom is 0.335 e. The average Bonchev–Trinajstić information content (AvgIpc) is 2.82. The van der Waals surface area contributed by atoms with Crippen molar-refractivity contribution >= 4 is 16.9 Å². The van der Waals surface area contributed by atoms with Gasteiger partial charge in [-0.3, -0.25) is 0 Å². The number of nitrogens with zero attached hydrogens (tertiary/aromatic N) is 1. The molecule has 3 nitrogen and oxygen atoms in total. The lowest BCUT2D eigenvalue weighted by Crippen LogP contribution is -1.97. The fourth-order valence-electron chi connectivity index (χ4n) is 2.08. The van der Waals surface area contributed by atoms with Crippen LogP contribution in [0.4, 0.5) is 0 Å². The second-order valence-electron chi connectivity index (χ2n) is 4.10. The molecule has 0 aliphatic carbocycles. The average molecular weight is 237 g/mol. The SMILES string of the molecule is O=C(O)c1ccc2ccn(-c3ccccc3)c2c1. The van der Waals surface area contributed by atoms with Gasteiger partial charge in [0.1, 0.15) is 0 Å². The second-order valence-corrected chi connectivity index (χ2v) is 4.10. The number of benzene rings is 2. The lowest BCUT2D eigenvalue weighted by Gasteiger charge is -2.05. The maximum atomic E-state index is 11.0. The number of carbonyl (C=O) groups is 1. The van der Waals surface area contributed by atoms with Crippen molar-refractivity contribution in [1.29, 1.82) is 0 Å². The van der Waals surface area contributed by atoms with Crippen LogP contribution in [0.15, 0.2) is 60.8 Å². The van der Waals surface area contributed by atoms with Crippen molar-refractivity contribution in [3.05, 3.63) is 66.4 Å². The Morgan fingerprint density at radius 2 is 1.78 bits per heavy atom. The standard InChI is InChI=1S/C15H11NO2/c17-15(18)12-7-6-11-8-9-16(14(11)10-12)13-4-2-1-3-5-13/h1-10H,(H,17,18). The van der Waals surface area contributed by atoms with Gasteiger partial charge in [0.05, 0.1) is 11.1 Å². The Kier molecular flexibility index (Phi) is 2.38. The van der Waals surface area contributed by atoms with Gasteiger partial charge in [-0.05, 0) is 35.7 Å². The molecule has 0 saturated carbocycles. The van der Waals surface area contributed by atoms with Crippen LogP contribution in [0.25, 0.3) is 16.6 Å². The van der Waals surface area contributed by atoms with Gasteiger partial charge in [-0.1, -0.05) is 24.3 Å². The number of para-hydroxylation sites is 1. The van der Waals surface area contributed by atoms with E-state index in [2.05, 4.69) is 0 Å². The van der Waals surface area contributed by atoms with Gasteiger partial charge in [0.15, 0.2) is 0 Å². The molecule has 88 valence electrons. The molecule has 0 bridgehead atoms. The summed E-state index contributed by atoms with van der Waals surface area (Å²) in [7, 11) is 0. The van der Waals surface area contributed by atoms with E-state index in [1.165, 1.54) is 0 Å². The molecule has 3 aromatic rings. The summed E-state index contributed by atoms with van der Waals surface area (Å²) < 4.78 is 1.99. The Balaban J connectivity index is 2.24. The van der Waals surface area contributed by atoms with Crippen molar-refractivity contribution in [2.75, 3.05) is 0 Å². The third-order valence-corrected chi connectivity index (χ3v) is 2.97. The third-order valence-electron chi connectivity index (χ3n) is 2.97. The van der Waals surface area contributed by atoms with Crippen LogP contribution in [0, 0.1) is 0 Å². The van der Waals surface area contributed by atoms with Gasteiger partial charge >= 0.3 is 5.97 Å². The van der Waals surface area contributed by atoms with E-state index >= 15 is 0 Å². The van der Waals surface area contributed by atoms with Crippen LogP contribution in [-0.4, -0.2) is 15.6 Å². The van der Waals surface area contributed by atoms with Gasteiger partial charge in [0.2, 0.25) is 0 Å². The van der Waals surface area contributed by atoms with Gasteiger partial charge in [0, 0.05) is 11.9 Å². The molecule has 3 rings (SSSR count). The van der Waals surface area contributed by atoms with Crippen LogP contribution in [0.3, 0.4) is 0 Å². The minimum atomic E-state index is -0.905. The number of aromatic carboxylic acids is 1. The highest BCUT2D eigenvalue weighted by Gasteiger charge is 2.07. The largest absolute Gasteiger partial charge is 0.478 e. The molecule has 0 aliphatic heterocycles. The highest BCUT2D eigenvalue weighted by molar-refractivity contribution is 5.94. The van der Waals surface area contributed by atoms with E-state index in [-0.39, 0.29) is 0 Å². The van der Waals surface area contributed by atoms with E-state index < -0.39 is 5.97 Å². The Bertz CT molecular complexity index is 714. The summed E-state index contributed by atoms with van der Waals surface area (Å²) in [6, 6.07) is 17.0. The first-order chi connectivity index (χ1) is 8.75. The lowest BCUT2D eigenvalue weighted by atomic mass is 10.1. The molecule has 0 spiro atoms. The summed E-state index contributed by atoms with van der Waals surface area (Å²) in [5.74, 6) is -0.905. The summed E-state index contributed by atoms with van der Waals surface area (Å²) in [5.41, 5.74) is 2.23. The summed E-state index contributed by atoms with van der Waals surface area (Å²) in [5, 5.41) is 10.1. The van der Waals surface area contributed by atoms with Crippen molar-refractivity contribution in [1.82, 2.24) is 4.57 Å². The summed E-state index contributed by atoms with van der Waals surface area (Å²) in [6.07, 6.45) is 1.95. The molecule has 0 aliphatic rings. The minimum absolute atomic E-state index is 0.304. The van der Waals surface area contributed by atoms with E-state index in [0.717, 1.165) is 16.6 Å². The first-order valence-corrected chi connectivity index (χ1v) is 5.65. The number of carboxylic acids is 1. The molecule has 0 saturated heterocycles. The quantitative estimate of drug-likeness (QED) is 0.742. The fourth-order valence-corrected chi connectivity index (χ4v) is 2.08. The van der Waals surface area contributed by atoms with Crippen LogP contribution in [0.1, 0.15) is 10.4 Å². The van der Waals surface area contributed by atoms with Crippen molar-refractivity contribution < 1.29 is 9.90 Å². The number of rotatable bonds is 2. The number of aromatic nitrogens is 1. The highest BCUT2D eigenvalue weighted by Crippen LogP contribution is 2.21. The topological polar surface area (TPSA) is 42.2 Å². The predicted octanol–water partition coefficient (Wildman–Crippen LogP) is 3.33. The fraction of sp³-hybridized carbons (Fsp3) is 0. The zero-order valence-electron chi connectivity index (χ0n) is 9.58. The summed E-state index contributed by atoms with van der Waals surface area (Å²) in [4.78, 5) is 11.0. The smallest absolute Gasteiger partial charge is 0.335 e. The van der Waals surface area contributed by atoms with E-state index in [1.807, 2.05) is 53.2 Å². The van der Waals surface area contributed by atoms with Crippen molar-refractivity contribution in [2.24, 2.45) is 0 Å². The van der Waals surface area contributed by atoms with Crippen molar-refractivity contribution in [3.63, 3.8) is 0 Å². The van der Waals surface area contributed by atoms with Gasteiger partial charge in [0.25, 0.3) is 0 Å². The van der Waals surface area contributed by atoms with E-state index in [1.54, 1.807) is 12.1 Å². The zero-order chi connectivity index (χ0) is 12.5. The molecule has 1 N–H and O–H groups in total. The number of fused-ring (bicyclic) bond motifs is 1. The monoisotopic (exact) mass is 237 g/mol. The molecular weight excluding hydrogens is 226 g/mol. The van der Waals surface area contributed by atoms with Crippen molar-refractivity contribution in [2.45, 2.75) is 0 Å². The van der Waals surface area contributed by atoms with Crippen molar-refractivity contribution in [3.8, 4) is 5.69 Å². The second kappa shape index (κ2) is 4.04. The van der Waals surface area contributed by atoms with E-state index in [0.29, 0.717) is 5.56 Å². The van der Waals surface area contributed by atoms with E-state index in [4.69, 9.17) is 5.11 Å². The van der Waals surface area contributed by atoms with Crippen LogP contribution >= 0.6 is 0 Å². The summed E-state index contributed by atoms with van der Waals surface area (Å²) >= 11 is 0. The maximum absolute atomic E-state index is 11.0. The third kappa shape index (κ3) is 1.66. The Morgan fingerprint density at radius 3 is 2.50 bits per heavy atom. The van der Waals surface area contributed by atoms with Crippen LogP contribution in [0.2, 0.25) is 0 Å². The molecule has 0 unspecified atom stereocenters. The molecule has 1 aromatic heterocycles. The molecule has 1 heterocycles. The lowest BCUT2D eigenvalue weighted by molar-refractivity contribution is 0.0697.